The van der Waals surface area contributed by atoms with Crippen molar-refractivity contribution in [2.24, 2.45) is 5.92 Å². The van der Waals surface area contributed by atoms with E-state index in [0.717, 1.165) is 18.7 Å². The first kappa shape index (κ1) is 18.0. The quantitative estimate of drug-likeness (QED) is 0.857. The molecule has 0 unspecified atom stereocenters. The molecule has 1 aromatic heterocycles. The smallest absolute Gasteiger partial charge is 0.137 e. The van der Waals surface area contributed by atoms with Gasteiger partial charge in [-0.15, -0.1) is 24.8 Å². The predicted octanol–water partition coefficient (Wildman–Crippen LogP) is 2.54. The molecular weight excluding hydrogens is 285 g/mol. The van der Waals surface area contributed by atoms with Crippen LogP contribution in [0.25, 0.3) is 0 Å². The number of likely N-dealkylation sites (N-methyl/N-ethyl adjacent to an activating group) is 1. The summed E-state index contributed by atoms with van der Waals surface area (Å²) < 4.78 is 5.70. The van der Waals surface area contributed by atoms with Crippen molar-refractivity contribution in [3.8, 4) is 11.8 Å². The van der Waals surface area contributed by atoms with E-state index in [-0.39, 0.29) is 24.8 Å². The van der Waals surface area contributed by atoms with Gasteiger partial charge in [-0.25, -0.2) is 0 Å². The van der Waals surface area contributed by atoms with Gasteiger partial charge in [-0.05, 0) is 31.5 Å². The molecule has 1 aliphatic rings. The highest BCUT2D eigenvalue weighted by atomic mass is 35.5. The highest BCUT2D eigenvalue weighted by Crippen LogP contribution is 2.24. The lowest BCUT2D eigenvalue weighted by atomic mass is 10.0. The lowest BCUT2D eigenvalue weighted by Crippen LogP contribution is -2.30. The predicted molar refractivity (Wildman–Crippen MR) is 79.0 cm³/mol. The Morgan fingerprint density at radius 2 is 2.32 bits per heavy atom. The van der Waals surface area contributed by atoms with Crippen LogP contribution in [0.2, 0.25) is 0 Å². The molecule has 0 saturated carbocycles. The Balaban J connectivity index is 0.00000162. The molecule has 0 amide bonds. The van der Waals surface area contributed by atoms with Gasteiger partial charge in [-0.3, -0.25) is 9.88 Å². The molecule has 2 atom stereocenters. The molecule has 4 nitrogen and oxygen atoms in total. The van der Waals surface area contributed by atoms with E-state index in [4.69, 9.17) is 10.00 Å². The van der Waals surface area contributed by atoms with Gasteiger partial charge in [0.15, 0.2) is 0 Å². The third-order valence-electron chi connectivity index (χ3n) is 3.23. The van der Waals surface area contributed by atoms with Gasteiger partial charge in [0.05, 0.1) is 12.3 Å². The number of hydrogen-bond acceptors (Lipinski definition) is 4. The van der Waals surface area contributed by atoms with Crippen molar-refractivity contribution in [3.63, 3.8) is 0 Å². The summed E-state index contributed by atoms with van der Waals surface area (Å²) in [6.45, 7) is 1.67. The molecule has 1 fully saturated rings. The minimum Gasteiger partial charge on any atom is -0.490 e. The molecule has 6 heteroatoms. The first-order chi connectivity index (χ1) is 8.29. The van der Waals surface area contributed by atoms with E-state index in [0.29, 0.717) is 25.0 Å². The maximum atomic E-state index is 8.70. The molecule has 1 saturated heterocycles. The highest BCUT2D eigenvalue weighted by molar-refractivity contribution is 5.85. The number of rotatable bonds is 4. The van der Waals surface area contributed by atoms with Gasteiger partial charge < -0.3 is 4.74 Å². The molecule has 0 N–H and O–H groups in total. The molecule has 0 aliphatic carbocycles. The fourth-order valence-electron chi connectivity index (χ4n) is 2.29. The lowest BCUT2D eigenvalue weighted by Gasteiger charge is -2.19. The van der Waals surface area contributed by atoms with Crippen LogP contribution in [0.3, 0.4) is 0 Å². The summed E-state index contributed by atoms with van der Waals surface area (Å²) in [6, 6.07) is 6.44. The second-order valence-electron chi connectivity index (χ2n) is 4.56. The monoisotopic (exact) mass is 303 g/mol. The summed E-state index contributed by atoms with van der Waals surface area (Å²) in [5.74, 6) is 1.30. The Morgan fingerprint density at radius 3 is 2.95 bits per heavy atom. The van der Waals surface area contributed by atoms with Crippen LogP contribution in [0.1, 0.15) is 12.8 Å². The Kier molecular flexibility index (Phi) is 8.49. The third kappa shape index (κ3) is 5.23. The van der Waals surface area contributed by atoms with E-state index in [9.17, 15) is 0 Å². The van der Waals surface area contributed by atoms with E-state index in [1.807, 2.05) is 12.1 Å². The van der Waals surface area contributed by atoms with Crippen LogP contribution < -0.4 is 4.74 Å². The maximum absolute atomic E-state index is 8.70. The molecule has 0 spiro atoms. The van der Waals surface area contributed by atoms with Crippen molar-refractivity contribution in [2.45, 2.75) is 18.9 Å². The molecule has 2 rings (SSSR count). The Morgan fingerprint density at radius 1 is 1.53 bits per heavy atom. The highest BCUT2D eigenvalue weighted by Gasteiger charge is 2.29. The van der Waals surface area contributed by atoms with Crippen molar-refractivity contribution >= 4 is 24.8 Å². The van der Waals surface area contributed by atoms with Crippen LogP contribution in [0.15, 0.2) is 24.5 Å². The molecule has 1 aromatic rings. The first-order valence-electron chi connectivity index (χ1n) is 5.89. The van der Waals surface area contributed by atoms with Crippen LogP contribution in [0.4, 0.5) is 0 Å². The third-order valence-corrected chi connectivity index (χ3v) is 3.23. The second kappa shape index (κ2) is 8.98. The Hall–Kier alpha value is -1.02. The van der Waals surface area contributed by atoms with Gasteiger partial charge in [-0.1, -0.05) is 0 Å². The van der Waals surface area contributed by atoms with Crippen molar-refractivity contribution < 1.29 is 4.74 Å². The van der Waals surface area contributed by atoms with Gasteiger partial charge in [0.25, 0.3) is 0 Å². The molecular formula is C13H19Cl2N3O. The Bertz CT molecular complexity index is 397. The van der Waals surface area contributed by atoms with Crippen LogP contribution in [-0.4, -0.2) is 36.1 Å². The van der Waals surface area contributed by atoms with Gasteiger partial charge in [-0.2, -0.15) is 5.26 Å². The van der Waals surface area contributed by atoms with E-state index >= 15 is 0 Å². The standard InChI is InChI=1S/C13H17N3O.2ClH/c1-16-9-11(4-5-14)7-12(16)10-17-13-3-2-6-15-8-13;;/h2-3,6,8,11-12H,4,7,9-10H2,1H3;2*1H/t11-,12+;;/m1../s1. The fourth-order valence-corrected chi connectivity index (χ4v) is 2.29. The van der Waals surface area contributed by atoms with Crippen molar-refractivity contribution in [3.05, 3.63) is 24.5 Å². The molecule has 19 heavy (non-hydrogen) atoms. The van der Waals surface area contributed by atoms with Crippen molar-refractivity contribution in [1.82, 2.24) is 9.88 Å². The molecule has 0 bridgehead atoms. The number of likely N-dealkylation sites (tertiary alicyclic amines) is 1. The van der Waals surface area contributed by atoms with Crippen LogP contribution in [0.5, 0.6) is 5.75 Å². The first-order valence-corrected chi connectivity index (χ1v) is 5.89. The maximum Gasteiger partial charge on any atom is 0.137 e. The number of nitrogens with zero attached hydrogens (tertiary/aromatic N) is 3. The average Bonchev–Trinajstić information content (AvgIpc) is 2.69. The second-order valence-corrected chi connectivity index (χ2v) is 4.56. The lowest BCUT2D eigenvalue weighted by molar-refractivity contribution is 0.198. The van der Waals surface area contributed by atoms with E-state index in [2.05, 4.69) is 23.0 Å². The molecule has 0 aromatic carbocycles. The zero-order valence-electron chi connectivity index (χ0n) is 10.9. The summed E-state index contributed by atoms with van der Waals surface area (Å²) >= 11 is 0. The minimum atomic E-state index is 0. The average molecular weight is 304 g/mol. The SMILES string of the molecule is CN1C[C@H](CC#N)C[C@H]1COc1cccnc1.Cl.Cl. The normalized spacial score (nSPS) is 21.9. The summed E-state index contributed by atoms with van der Waals surface area (Å²) in [5.41, 5.74) is 0. The van der Waals surface area contributed by atoms with E-state index in [1.165, 1.54) is 0 Å². The van der Waals surface area contributed by atoms with E-state index in [1.54, 1.807) is 12.4 Å². The van der Waals surface area contributed by atoms with Gasteiger partial charge in [0.2, 0.25) is 0 Å². The van der Waals surface area contributed by atoms with Crippen LogP contribution in [-0.2, 0) is 0 Å². The zero-order chi connectivity index (χ0) is 12.1. The number of nitriles is 1. The van der Waals surface area contributed by atoms with Gasteiger partial charge in [0.1, 0.15) is 12.4 Å². The minimum absolute atomic E-state index is 0. The summed E-state index contributed by atoms with van der Waals surface area (Å²) in [4.78, 5) is 6.29. The van der Waals surface area contributed by atoms with Crippen molar-refractivity contribution in [2.75, 3.05) is 20.2 Å². The zero-order valence-corrected chi connectivity index (χ0v) is 12.5. The molecule has 1 aliphatic heterocycles. The van der Waals surface area contributed by atoms with Crippen LogP contribution in [0, 0.1) is 17.2 Å². The number of aromatic nitrogens is 1. The number of hydrogen-bond donors (Lipinski definition) is 0. The molecule has 0 radical (unpaired) electrons. The summed E-state index contributed by atoms with van der Waals surface area (Å²) in [6.07, 6.45) is 5.15. The number of pyridine rings is 1. The van der Waals surface area contributed by atoms with Crippen molar-refractivity contribution in [1.29, 1.82) is 5.26 Å². The Labute approximate surface area is 126 Å². The van der Waals surface area contributed by atoms with Gasteiger partial charge in [0, 0.05) is 25.2 Å². The summed E-state index contributed by atoms with van der Waals surface area (Å²) in [5, 5.41) is 8.70. The molecule has 106 valence electrons. The van der Waals surface area contributed by atoms with E-state index < -0.39 is 0 Å². The topological polar surface area (TPSA) is 49.2 Å². The number of halogens is 2. The fraction of sp³-hybridized carbons (Fsp3) is 0.538. The number of ether oxygens (including phenoxy) is 1. The summed E-state index contributed by atoms with van der Waals surface area (Å²) in [7, 11) is 2.09. The molecule has 2 heterocycles. The van der Waals surface area contributed by atoms with Crippen LogP contribution >= 0.6 is 24.8 Å². The van der Waals surface area contributed by atoms with Gasteiger partial charge >= 0.3 is 0 Å². The largest absolute Gasteiger partial charge is 0.490 e.